The first kappa shape index (κ1) is 18.8. The SMILES string of the molecule is O=S(=O)(c1c(F)c(F)c(O)c(F)c1F)c1c(F)c(F)c(O)c(F)c1F. The van der Waals surface area contributed by atoms with Crippen molar-refractivity contribution in [3.05, 3.63) is 46.5 Å². The summed E-state index contributed by atoms with van der Waals surface area (Å²) in [7, 11) is -6.27. The van der Waals surface area contributed by atoms with Gasteiger partial charge in [0.2, 0.25) is 33.1 Å². The monoisotopic (exact) mass is 394 g/mol. The van der Waals surface area contributed by atoms with Crippen molar-refractivity contribution >= 4 is 9.84 Å². The molecule has 0 fully saturated rings. The molecule has 2 N–H and O–H groups in total. The zero-order chi connectivity index (χ0) is 19.4. The minimum Gasteiger partial charge on any atom is -0.503 e. The van der Waals surface area contributed by atoms with Crippen molar-refractivity contribution in [3.63, 3.8) is 0 Å². The van der Waals surface area contributed by atoms with Gasteiger partial charge in [-0.2, -0.15) is 17.6 Å². The van der Waals surface area contributed by atoms with Crippen molar-refractivity contribution in [2.75, 3.05) is 0 Å². The molecule has 0 aromatic heterocycles. The molecule has 0 heterocycles. The summed E-state index contributed by atoms with van der Waals surface area (Å²) in [5, 5.41) is 17.5. The zero-order valence-corrected chi connectivity index (χ0v) is 12.0. The Morgan fingerprint density at radius 2 is 0.680 bits per heavy atom. The summed E-state index contributed by atoms with van der Waals surface area (Å²) in [6.07, 6.45) is 0. The smallest absolute Gasteiger partial charge is 0.218 e. The lowest BCUT2D eigenvalue weighted by Gasteiger charge is -2.12. The van der Waals surface area contributed by atoms with E-state index in [9.17, 15) is 43.5 Å². The van der Waals surface area contributed by atoms with E-state index in [-0.39, 0.29) is 0 Å². The molecular formula is C12H2F8O4S. The van der Waals surface area contributed by atoms with E-state index in [0.29, 0.717) is 0 Å². The average molecular weight is 394 g/mol. The summed E-state index contributed by atoms with van der Waals surface area (Å²) in [4.78, 5) is -5.30. The van der Waals surface area contributed by atoms with E-state index < -0.39 is 77.7 Å². The highest BCUT2D eigenvalue weighted by molar-refractivity contribution is 7.91. The fourth-order valence-corrected chi connectivity index (χ4v) is 3.28. The highest BCUT2D eigenvalue weighted by Gasteiger charge is 2.40. The van der Waals surface area contributed by atoms with Gasteiger partial charge < -0.3 is 10.2 Å². The number of hydrogen-bond acceptors (Lipinski definition) is 4. The first-order valence-electron chi connectivity index (χ1n) is 5.70. The van der Waals surface area contributed by atoms with Gasteiger partial charge in [-0.3, -0.25) is 0 Å². The van der Waals surface area contributed by atoms with Crippen LogP contribution in [-0.2, 0) is 9.84 Å². The Kier molecular flexibility index (Phi) is 4.32. The largest absolute Gasteiger partial charge is 0.503 e. The highest BCUT2D eigenvalue weighted by Crippen LogP contribution is 2.38. The Morgan fingerprint density at radius 3 is 0.880 bits per heavy atom. The Balaban J connectivity index is 3.02. The fourth-order valence-electron chi connectivity index (χ4n) is 1.77. The maximum atomic E-state index is 13.6. The average Bonchev–Trinajstić information content (AvgIpc) is 2.54. The van der Waals surface area contributed by atoms with Crippen LogP contribution in [0, 0.1) is 46.5 Å². The van der Waals surface area contributed by atoms with E-state index in [1.165, 1.54) is 0 Å². The number of halogens is 8. The Morgan fingerprint density at radius 1 is 0.480 bits per heavy atom. The molecule has 2 aromatic carbocycles. The van der Waals surface area contributed by atoms with Crippen LogP contribution in [0.5, 0.6) is 11.5 Å². The van der Waals surface area contributed by atoms with Crippen molar-refractivity contribution in [2.24, 2.45) is 0 Å². The maximum absolute atomic E-state index is 13.6. The third-order valence-electron chi connectivity index (χ3n) is 2.94. The van der Waals surface area contributed by atoms with E-state index in [0.717, 1.165) is 0 Å². The molecule has 0 saturated carbocycles. The lowest BCUT2D eigenvalue weighted by atomic mass is 10.3. The molecule has 4 nitrogen and oxygen atoms in total. The summed E-state index contributed by atoms with van der Waals surface area (Å²) in [6, 6.07) is 0. The molecule has 0 atom stereocenters. The molecule has 0 saturated heterocycles. The molecule has 0 spiro atoms. The van der Waals surface area contributed by atoms with E-state index in [1.54, 1.807) is 0 Å². The Bertz CT molecular complexity index is 885. The molecule has 0 unspecified atom stereocenters. The van der Waals surface area contributed by atoms with Crippen LogP contribution in [-0.4, -0.2) is 18.6 Å². The predicted octanol–water partition coefficient (Wildman–Crippen LogP) is 3.04. The molecule has 0 amide bonds. The molecule has 136 valence electrons. The van der Waals surface area contributed by atoms with Crippen molar-refractivity contribution < 1.29 is 53.8 Å². The Hall–Kier alpha value is -2.57. The van der Waals surface area contributed by atoms with Crippen LogP contribution >= 0.6 is 0 Å². The quantitative estimate of drug-likeness (QED) is 0.607. The maximum Gasteiger partial charge on any atom is 0.218 e. The molecule has 0 aliphatic carbocycles. The molecule has 0 aliphatic heterocycles. The highest BCUT2D eigenvalue weighted by atomic mass is 32.2. The van der Waals surface area contributed by atoms with E-state index >= 15 is 0 Å². The van der Waals surface area contributed by atoms with Crippen molar-refractivity contribution in [1.29, 1.82) is 0 Å². The standard InChI is InChI=1S/C12H2F8O4S/c13-1-5(17)11(6(18)2(14)9(1)21)25(23,24)12-7(19)3(15)10(22)4(16)8(12)20/h21-22H. The number of phenols is 2. The van der Waals surface area contributed by atoms with Crippen molar-refractivity contribution in [3.8, 4) is 11.5 Å². The molecule has 13 heteroatoms. The molecule has 0 bridgehead atoms. The van der Waals surface area contributed by atoms with Gasteiger partial charge >= 0.3 is 0 Å². The number of phenolic OH excluding ortho intramolecular Hbond substituents is 2. The molecule has 2 rings (SSSR count). The van der Waals surface area contributed by atoms with Gasteiger partial charge in [-0.25, -0.2) is 26.0 Å². The molecular weight excluding hydrogens is 392 g/mol. The van der Waals surface area contributed by atoms with E-state index in [2.05, 4.69) is 0 Å². The minimum absolute atomic E-state index is 2.28. The van der Waals surface area contributed by atoms with E-state index in [1.807, 2.05) is 0 Å². The molecule has 0 radical (unpaired) electrons. The second kappa shape index (κ2) is 5.75. The third kappa shape index (κ3) is 2.45. The zero-order valence-electron chi connectivity index (χ0n) is 11.1. The van der Waals surface area contributed by atoms with Gasteiger partial charge in [-0.1, -0.05) is 0 Å². The second-order valence-electron chi connectivity index (χ2n) is 4.37. The van der Waals surface area contributed by atoms with Gasteiger partial charge in [0, 0.05) is 0 Å². The first-order valence-corrected chi connectivity index (χ1v) is 7.18. The summed E-state index contributed by atoms with van der Waals surface area (Å²) in [5.41, 5.74) is 0. The summed E-state index contributed by atoms with van der Waals surface area (Å²) < 4.78 is 131. The molecule has 2 aromatic rings. The van der Waals surface area contributed by atoms with Gasteiger partial charge in [0.15, 0.2) is 34.8 Å². The minimum atomic E-state index is -6.27. The number of aromatic hydroxyl groups is 2. The van der Waals surface area contributed by atoms with Gasteiger partial charge in [0.1, 0.15) is 9.79 Å². The van der Waals surface area contributed by atoms with Crippen LogP contribution < -0.4 is 0 Å². The van der Waals surface area contributed by atoms with Crippen LogP contribution in [0.3, 0.4) is 0 Å². The summed E-state index contributed by atoms with van der Waals surface area (Å²) >= 11 is 0. The normalized spacial score (nSPS) is 11.8. The van der Waals surface area contributed by atoms with Gasteiger partial charge in [0.25, 0.3) is 0 Å². The van der Waals surface area contributed by atoms with Crippen LogP contribution in [0.25, 0.3) is 0 Å². The summed E-state index contributed by atoms with van der Waals surface area (Å²) in [5.74, 6) is -26.3. The van der Waals surface area contributed by atoms with Crippen LogP contribution in [0.2, 0.25) is 0 Å². The summed E-state index contributed by atoms with van der Waals surface area (Å²) in [6.45, 7) is 0. The number of rotatable bonds is 2. The fraction of sp³-hybridized carbons (Fsp3) is 0. The first-order chi connectivity index (χ1) is 11.4. The van der Waals surface area contributed by atoms with Crippen LogP contribution in [0.4, 0.5) is 35.1 Å². The molecule has 0 aliphatic rings. The lowest BCUT2D eigenvalue weighted by Crippen LogP contribution is -2.16. The Labute approximate surface area is 132 Å². The second-order valence-corrected chi connectivity index (χ2v) is 6.19. The lowest BCUT2D eigenvalue weighted by molar-refractivity contribution is 0.337. The van der Waals surface area contributed by atoms with Gasteiger partial charge in [0.05, 0.1) is 0 Å². The number of sulfone groups is 1. The number of benzene rings is 2. The van der Waals surface area contributed by atoms with Gasteiger partial charge in [-0.05, 0) is 0 Å². The van der Waals surface area contributed by atoms with E-state index in [4.69, 9.17) is 10.2 Å². The topological polar surface area (TPSA) is 74.6 Å². The van der Waals surface area contributed by atoms with Crippen molar-refractivity contribution in [2.45, 2.75) is 9.79 Å². The number of hydrogen-bond donors (Lipinski definition) is 2. The molecule has 25 heavy (non-hydrogen) atoms. The third-order valence-corrected chi connectivity index (χ3v) is 4.73. The predicted molar refractivity (Wildman–Crippen MR) is 61.3 cm³/mol. The van der Waals surface area contributed by atoms with Crippen LogP contribution in [0.1, 0.15) is 0 Å². The van der Waals surface area contributed by atoms with Gasteiger partial charge in [-0.15, -0.1) is 0 Å². The van der Waals surface area contributed by atoms with Crippen molar-refractivity contribution in [1.82, 2.24) is 0 Å². The van der Waals surface area contributed by atoms with Crippen LogP contribution in [0.15, 0.2) is 9.79 Å².